The molecule has 2 nitrogen and oxygen atoms in total. The topological polar surface area (TPSA) is 18.5 Å². The second kappa shape index (κ2) is 5.10. The summed E-state index contributed by atoms with van der Waals surface area (Å²) in [6.07, 6.45) is -10.4. The van der Waals surface area contributed by atoms with Crippen molar-refractivity contribution in [2.24, 2.45) is 0 Å². The minimum absolute atomic E-state index is 0.0782. The van der Waals surface area contributed by atoms with Crippen LogP contribution in [0.2, 0.25) is 0 Å². The van der Waals surface area contributed by atoms with Crippen LogP contribution in [0.25, 0.3) is 0 Å². The normalized spacial score (nSPS) is 12.7. The smallest absolute Gasteiger partial charge is 0.434 e. The molecule has 0 aliphatic heterocycles. The molecule has 108 valence electrons. The molecular weight excluding hydrogens is 292 g/mol. The predicted octanol–water partition coefficient (Wildman–Crippen LogP) is 4.21. The summed E-state index contributed by atoms with van der Waals surface area (Å²) in [6, 6.07) is 0.668. The number of halogens is 8. The van der Waals surface area contributed by atoms with Gasteiger partial charge in [-0.1, -0.05) is 0 Å². The summed E-state index contributed by atoms with van der Waals surface area (Å²) in [4.78, 5) is 0. The highest BCUT2D eigenvalue weighted by molar-refractivity contribution is 5.42. The van der Waals surface area contributed by atoms with Gasteiger partial charge in [0.2, 0.25) is 0 Å². The van der Waals surface area contributed by atoms with E-state index in [9.17, 15) is 35.1 Å². The Bertz CT molecular complexity index is 437. The molecule has 0 aliphatic carbocycles. The van der Waals surface area contributed by atoms with Gasteiger partial charge < -0.3 is 9.47 Å². The second-order valence-corrected chi connectivity index (χ2v) is 3.08. The molecule has 0 saturated carbocycles. The third-order valence-electron chi connectivity index (χ3n) is 1.71. The molecule has 0 spiro atoms. The zero-order valence-electron chi connectivity index (χ0n) is 8.65. The van der Waals surface area contributed by atoms with E-state index < -0.39 is 36.2 Å². The van der Waals surface area contributed by atoms with E-state index in [0.717, 1.165) is 0 Å². The first-order chi connectivity index (χ1) is 8.49. The van der Waals surface area contributed by atoms with Gasteiger partial charge in [-0.3, -0.25) is 0 Å². The summed E-state index contributed by atoms with van der Waals surface area (Å²) in [7, 11) is 0. The minimum Gasteiger partial charge on any atom is -0.434 e. The van der Waals surface area contributed by atoms with Gasteiger partial charge in [0, 0.05) is 0 Å². The quantitative estimate of drug-likeness (QED) is 0.778. The average Bonchev–Trinajstić information content (AvgIpc) is 2.15. The Morgan fingerprint density at radius 2 is 1.53 bits per heavy atom. The predicted molar refractivity (Wildman–Crippen MR) is 44.8 cm³/mol. The molecule has 0 radical (unpaired) electrons. The fourth-order valence-electron chi connectivity index (χ4n) is 1.13. The summed E-state index contributed by atoms with van der Waals surface area (Å²) < 4.78 is 103. The van der Waals surface area contributed by atoms with E-state index in [2.05, 4.69) is 9.47 Å². The molecule has 0 atom stereocenters. The lowest BCUT2D eigenvalue weighted by Crippen LogP contribution is -2.18. The molecule has 1 aromatic carbocycles. The van der Waals surface area contributed by atoms with E-state index in [0.29, 0.717) is 12.1 Å². The molecule has 1 aromatic rings. The van der Waals surface area contributed by atoms with Gasteiger partial charge >= 0.3 is 19.2 Å². The fraction of sp³-hybridized carbons (Fsp3) is 0.333. The second-order valence-electron chi connectivity index (χ2n) is 3.08. The van der Waals surface area contributed by atoms with E-state index in [1.165, 1.54) is 0 Å². The van der Waals surface area contributed by atoms with Gasteiger partial charge in [0.25, 0.3) is 0 Å². The number of ether oxygens (including phenoxy) is 2. The first-order valence-corrected chi connectivity index (χ1v) is 4.41. The van der Waals surface area contributed by atoms with Crippen LogP contribution in [0.15, 0.2) is 18.2 Å². The van der Waals surface area contributed by atoms with Crippen molar-refractivity contribution < 1.29 is 44.6 Å². The van der Waals surface area contributed by atoms with E-state index in [4.69, 9.17) is 0 Å². The van der Waals surface area contributed by atoms with Crippen LogP contribution in [-0.2, 0) is 6.18 Å². The minimum atomic E-state index is -5.20. The van der Waals surface area contributed by atoms with E-state index in [1.807, 2.05) is 0 Å². The standard InChI is InChI=1S/C9H4F8O2/c10-7(11)18-6-2-1-4(19-9(15,16)17)3-5(6)8(12,13)14/h1-3,7H. The number of hydrogen-bond acceptors (Lipinski definition) is 2. The van der Waals surface area contributed by atoms with Crippen LogP contribution >= 0.6 is 0 Å². The molecule has 0 aromatic heterocycles. The summed E-state index contributed by atoms with van der Waals surface area (Å²) in [5.41, 5.74) is -1.80. The van der Waals surface area contributed by atoms with Crippen molar-refractivity contribution in [2.45, 2.75) is 19.2 Å². The van der Waals surface area contributed by atoms with Crippen molar-refractivity contribution in [3.63, 3.8) is 0 Å². The number of rotatable bonds is 3. The van der Waals surface area contributed by atoms with Crippen molar-refractivity contribution in [1.82, 2.24) is 0 Å². The monoisotopic (exact) mass is 296 g/mol. The van der Waals surface area contributed by atoms with Gasteiger partial charge in [-0.2, -0.15) is 22.0 Å². The van der Waals surface area contributed by atoms with Crippen LogP contribution in [-0.4, -0.2) is 13.0 Å². The molecule has 0 fully saturated rings. The summed E-state index contributed by atoms with van der Waals surface area (Å²) >= 11 is 0. The van der Waals surface area contributed by atoms with Crippen molar-refractivity contribution in [3.8, 4) is 11.5 Å². The molecule has 0 N–H and O–H groups in total. The number of hydrogen-bond donors (Lipinski definition) is 0. The Morgan fingerprint density at radius 3 is 1.95 bits per heavy atom. The number of alkyl halides is 8. The third kappa shape index (κ3) is 4.79. The van der Waals surface area contributed by atoms with Crippen LogP contribution in [0.3, 0.4) is 0 Å². The lowest BCUT2D eigenvalue weighted by atomic mass is 10.2. The summed E-state index contributed by atoms with van der Waals surface area (Å²) in [5.74, 6) is -2.49. The fourth-order valence-corrected chi connectivity index (χ4v) is 1.13. The zero-order valence-corrected chi connectivity index (χ0v) is 8.65. The highest BCUT2D eigenvalue weighted by Crippen LogP contribution is 2.39. The first-order valence-electron chi connectivity index (χ1n) is 4.41. The van der Waals surface area contributed by atoms with Gasteiger partial charge in [-0.15, -0.1) is 13.2 Å². The maximum Gasteiger partial charge on any atom is 0.573 e. The highest BCUT2D eigenvalue weighted by Gasteiger charge is 2.37. The van der Waals surface area contributed by atoms with Crippen LogP contribution < -0.4 is 9.47 Å². The van der Waals surface area contributed by atoms with Gasteiger partial charge in [0.1, 0.15) is 17.1 Å². The highest BCUT2D eigenvalue weighted by atomic mass is 19.4. The van der Waals surface area contributed by atoms with Crippen molar-refractivity contribution in [3.05, 3.63) is 23.8 Å². The van der Waals surface area contributed by atoms with Crippen molar-refractivity contribution >= 4 is 0 Å². The van der Waals surface area contributed by atoms with Gasteiger partial charge in [0.05, 0.1) is 0 Å². The Balaban J connectivity index is 3.16. The summed E-state index contributed by atoms with van der Waals surface area (Å²) in [5, 5.41) is 0. The molecule has 0 unspecified atom stereocenters. The van der Waals surface area contributed by atoms with Crippen molar-refractivity contribution in [1.29, 1.82) is 0 Å². The van der Waals surface area contributed by atoms with Crippen LogP contribution in [0.4, 0.5) is 35.1 Å². The molecule has 1 rings (SSSR count). The van der Waals surface area contributed by atoms with E-state index in [1.54, 1.807) is 0 Å². The van der Waals surface area contributed by atoms with Gasteiger partial charge in [-0.25, -0.2) is 0 Å². The molecule has 0 heterocycles. The lowest BCUT2D eigenvalue weighted by Gasteiger charge is -2.15. The maximum atomic E-state index is 12.4. The molecular formula is C9H4F8O2. The van der Waals surface area contributed by atoms with Crippen LogP contribution in [0, 0.1) is 0 Å². The molecule has 0 aliphatic rings. The van der Waals surface area contributed by atoms with Gasteiger partial charge in [-0.05, 0) is 18.2 Å². The average molecular weight is 296 g/mol. The Hall–Kier alpha value is -1.74. The largest absolute Gasteiger partial charge is 0.573 e. The Labute approximate surface area is 100 Å². The third-order valence-corrected chi connectivity index (χ3v) is 1.71. The van der Waals surface area contributed by atoms with Crippen LogP contribution in [0.1, 0.15) is 5.56 Å². The SMILES string of the molecule is FC(F)Oc1ccc(OC(F)(F)F)cc1C(F)(F)F. The molecule has 10 heteroatoms. The Kier molecular flexibility index (Phi) is 4.11. The molecule has 0 saturated heterocycles. The van der Waals surface area contributed by atoms with Gasteiger partial charge in [0.15, 0.2) is 0 Å². The lowest BCUT2D eigenvalue weighted by molar-refractivity contribution is -0.274. The zero-order chi connectivity index (χ0) is 14.8. The number of benzene rings is 1. The van der Waals surface area contributed by atoms with Crippen molar-refractivity contribution in [2.75, 3.05) is 0 Å². The molecule has 0 amide bonds. The van der Waals surface area contributed by atoms with E-state index >= 15 is 0 Å². The molecule has 0 bridgehead atoms. The first kappa shape index (κ1) is 15.3. The Morgan fingerprint density at radius 1 is 0.947 bits per heavy atom. The maximum absolute atomic E-state index is 12.4. The van der Waals surface area contributed by atoms with Crippen LogP contribution in [0.5, 0.6) is 11.5 Å². The molecule has 19 heavy (non-hydrogen) atoms. The summed E-state index contributed by atoms with van der Waals surface area (Å²) in [6.45, 7) is -3.55. The van der Waals surface area contributed by atoms with E-state index in [-0.39, 0.29) is 6.07 Å².